The molecule has 4 heteroatoms. The summed E-state index contributed by atoms with van der Waals surface area (Å²) < 4.78 is 2.03. The standard InChI is InChI=1S/C10H14N4/c1-7(2)10-13-12-9-5-3-4-8(6-11)14(9)10/h3-5,7H,6,11H2,1-2H3. The van der Waals surface area contributed by atoms with Gasteiger partial charge in [-0.3, -0.25) is 4.40 Å². The van der Waals surface area contributed by atoms with Crippen LogP contribution in [-0.2, 0) is 6.54 Å². The average molecular weight is 190 g/mol. The number of nitrogens with zero attached hydrogens (tertiary/aromatic N) is 3. The first-order valence-electron chi connectivity index (χ1n) is 4.77. The molecule has 2 heterocycles. The van der Waals surface area contributed by atoms with Gasteiger partial charge in [0.25, 0.3) is 0 Å². The van der Waals surface area contributed by atoms with Gasteiger partial charge in [0.1, 0.15) is 5.82 Å². The third-order valence-electron chi connectivity index (χ3n) is 2.26. The van der Waals surface area contributed by atoms with Gasteiger partial charge in [0, 0.05) is 18.2 Å². The number of aromatic nitrogens is 3. The van der Waals surface area contributed by atoms with E-state index in [-0.39, 0.29) is 0 Å². The molecule has 4 nitrogen and oxygen atoms in total. The van der Waals surface area contributed by atoms with Crippen LogP contribution in [0.3, 0.4) is 0 Å². The van der Waals surface area contributed by atoms with E-state index in [4.69, 9.17) is 5.73 Å². The molecule has 0 spiro atoms. The normalized spacial score (nSPS) is 11.4. The van der Waals surface area contributed by atoms with Crippen molar-refractivity contribution in [3.8, 4) is 0 Å². The largest absolute Gasteiger partial charge is 0.325 e. The van der Waals surface area contributed by atoms with E-state index in [1.54, 1.807) is 0 Å². The molecule has 0 aliphatic heterocycles. The van der Waals surface area contributed by atoms with Gasteiger partial charge < -0.3 is 5.73 Å². The zero-order valence-corrected chi connectivity index (χ0v) is 8.44. The summed E-state index contributed by atoms with van der Waals surface area (Å²) in [6.45, 7) is 4.71. The van der Waals surface area contributed by atoms with E-state index in [0.29, 0.717) is 12.5 Å². The van der Waals surface area contributed by atoms with Crippen LogP contribution in [0.2, 0.25) is 0 Å². The molecule has 0 fully saturated rings. The second-order valence-electron chi connectivity index (χ2n) is 3.63. The van der Waals surface area contributed by atoms with E-state index in [9.17, 15) is 0 Å². The van der Waals surface area contributed by atoms with E-state index < -0.39 is 0 Å². The number of fused-ring (bicyclic) bond motifs is 1. The van der Waals surface area contributed by atoms with Crippen LogP contribution in [0.25, 0.3) is 5.65 Å². The van der Waals surface area contributed by atoms with Crippen LogP contribution >= 0.6 is 0 Å². The molecule has 0 aliphatic carbocycles. The highest BCUT2D eigenvalue weighted by Crippen LogP contribution is 2.15. The zero-order valence-electron chi connectivity index (χ0n) is 8.44. The zero-order chi connectivity index (χ0) is 10.1. The first kappa shape index (κ1) is 9.15. The molecule has 0 aromatic carbocycles. The topological polar surface area (TPSA) is 56.2 Å². The Morgan fingerprint density at radius 2 is 2.14 bits per heavy atom. The highest BCUT2D eigenvalue weighted by atomic mass is 15.3. The van der Waals surface area contributed by atoms with Crippen molar-refractivity contribution >= 4 is 5.65 Å². The number of hydrogen-bond acceptors (Lipinski definition) is 3. The summed E-state index contributed by atoms with van der Waals surface area (Å²) in [7, 11) is 0. The SMILES string of the molecule is CC(C)c1nnc2cccc(CN)n12. The Labute approximate surface area is 82.8 Å². The Kier molecular flexibility index (Phi) is 2.21. The molecule has 0 atom stereocenters. The van der Waals surface area contributed by atoms with Crippen LogP contribution in [0.5, 0.6) is 0 Å². The lowest BCUT2D eigenvalue weighted by Crippen LogP contribution is -2.07. The minimum Gasteiger partial charge on any atom is -0.325 e. The fraction of sp³-hybridized carbons (Fsp3) is 0.400. The van der Waals surface area contributed by atoms with Gasteiger partial charge in [-0.25, -0.2) is 0 Å². The lowest BCUT2D eigenvalue weighted by molar-refractivity contribution is 0.742. The Balaban J connectivity index is 2.74. The van der Waals surface area contributed by atoms with Crippen LogP contribution in [0.4, 0.5) is 0 Å². The quantitative estimate of drug-likeness (QED) is 0.776. The molecule has 2 aromatic heterocycles. The fourth-order valence-electron chi connectivity index (χ4n) is 1.56. The Morgan fingerprint density at radius 3 is 2.79 bits per heavy atom. The van der Waals surface area contributed by atoms with E-state index >= 15 is 0 Å². The smallest absolute Gasteiger partial charge is 0.161 e. The van der Waals surface area contributed by atoms with Gasteiger partial charge in [-0.2, -0.15) is 0 Å². The van der Waals surface area contributed by atoms with Gasteiger partial charge >= 0.3 is 0 Å². The Hall–Kier alpha value is -1.42. The summed E-state index contributed by atoms with van der Waals surface area (Å²) in [5, 5.41) is 8.27. The van der Waals surface area contributed by atoms with Crippen LogP contribution in [0.15, 0.2) is 18.2 Å². The van der Waals surface area contributed by atoms with Crippen LogP contribution in [-0.4, -0.2) is 14.6 Å². The summed E-state index contributed by atoms with van der Waals surface area (Å²) in [4.78, 5) is 0. The molecular weight excluding hydrogens is 176 g/mol. The lowest BCUT2D eigenvalue weighted by atomic mass is 10.2. The molecule has 0 bridgehead atoms. The van der Waals surface area contributed by atoms with Crippen molar-refractivity contribution in [2.24, 2.45) is 5.73 Å². The number of nitrogens with two attached hydrogens (primary N) is 1. The predicted octanol–water partition coefficient (Wildman–Crippen LogP) is 1.31. The maximum Gasteiger partial charge on any atom is 0.161 e. The first-order valence-corrected chi connectivity index (χ1v) is 4.77. The first-order chi connectivity index (χ1) is 6.74. The van der Waals surface area contributed by atoms with E-state index in [0.717, 1.165) is 17.2 Å². The van der Waals surface area contributed by atoms with Gasteiger partial charge in [0.2, 0.25) is 0 Å². The number of rotatable bonds is 2. The van der Waals surface area contributed by atoms with Crippen molar-refractivity contribution in [3.63, 3.8) is 0 Å². The summed E-state index contributed by atoms with van der Waals surface area (Å²) in [5.74, 6) is 1.33. The van der Waals surface area contributed by atoms with Crippen molar-refractivity contribution in [2.75, 3.05) is 0 Å². The summed E-state index contributed by atoms with van der Waals surface area (Å²) >= 11 is 0. The van der Waals surface area contributed by atoms with Crippen molar-refractivity contribution < 1.29 is 0 Å². The third-order valence-corrected chi connectivity index (χ3v) is 2.26. The van der Waals surface area contributed by atoms with Gasteiger partial charge in [-0.15, -0.1) is 10.2 Å². The second kappa shape index (κ2) is 3.38. The average Bonchev–Trinajstić information content (AvgIpc) is 2.60. The van der Waals surface area contributed by atoms with Gasteiger partial charge in [0.15, 0.2) is 5.65 Å². The molecule has 74 valence electrons. The van der Waals surface area contributed by atoms with Crippen LogP contribution in [0.1, 0.15) is 31.3 Å². The molecule has 0 aliphatic rings. The third kappa shape index (κ3) is 1.28. The monoisotopic (exact) mass is 190 g/mol. The van der Waals surface area contributed by atoms with Gasteiger partial charge in [-0.1, -0.05) is 19.9 Å². The van der Waals surface area contributed by atoms with Crippen LogP contribution in [0, 0.1) is 0 Å². The van der Waals surface area contributed by atoms with Gasteiger partial charge in [-0.05, 0) is 12.1 Å². The molecule has 14 heavy (non-hydrogen) atoms. The second-order valence-corrected chi connectivity index (χ2v) is 3.63. The fourth-order valence-corrected chi connectivity index (χ4v) is 1.56. The number of pyridine rings is 1. The molecule has 0 saturated carbocycles. The maximum atomic E-state index is 5.67. The lowest BCUT2D eigenvalue weighted by Gasteiger charge is -2.06. The minimum absolute atomic E-state index is 0.359. The molecule has 0 saturated heterocycles. The predicted molar refractivity (Wildman–Crippen MR) is 55.0 cm³/mol. The molecule has 2 N–H and O–H groups in total. The van der Waals surface area contributed by atoms with Crippen LogP contribution < -0.4 is 5.73 Å². The molecule has 0 unspecified atom stereocenters. The Bertz CT molecular complexity index is 444. The molecular formula is C10H14N4. The molecule has 2 rings (SSSR count). The van der Waals surface area contributed by atoms with Crippen molar-refractivity contribution in [2.45, 2.75) is 26.3 Å². The molecule has 0 radical (unpaired) electrons. The maximum absolute atomic E-state index is 5.67. The number of hydrogen-bond donors (Lipinski definition) is 1. The van der Waals surface area contributed by atoms with Gasteiger partial charge in [0.05, 0.1) is 0 Å². The van der Waals surface area contributed by atoms with Crippen molar-refractivity contribution in [1.29, 1.82) is 0 Å². The highest BCUT2D eigenvalue weighted by molar-refractivity contribution is 5.40. The van der Waals surface area contributed by atoms with Crippen molar-refractivity contribution in [3.05, 3.63) is 29.7 Å². The summed E-state index contributed by atoms with van der Waals surface area (Å²) in [5.41, 5.74) is 7.59. The minimum atomic E-state index is 0.359. The van der Waals surface area contributed by atoms with E-state index in [2.05, 4.69) is 24.0 Å². The summed E-state index contributed by atoms with van der Waals surface area (Å²) in [6, 6.07) is 5.90. The van der Waals surface area contributed by atoms with E-state index in [1.165, 1.54) is 0 Å². The molecule has 0 amide bonds. The summed E-state index contributed by atoms with van der Waals surface area (Å²) in [6.07, 6.45) is 0. The van der Waals surface area contributed by atoms with Crippen molar-refractivity contribution in [1.82, 2.24) is 14.6 Å². The van der Waals surface area contributed by atoms with E-state index in [1.807, 2.05) is 22.6 Å². The Morgan fingerprint density at radius 1 is 1.36 bits per heavy atom. The highest BCUT2D eigenvalue weighted by Gasteiger charge is 2.10. The molecule has 2 aromatic rings.